The zero-order valence-electron chi connectivity index (χ0n) is 12.3. The van der Waals surface area contributed by atoms with Gasteiger partial charge in [0, 0.05) is 12.1 Å². The van der Waals surface area contributed by atoms with E-state index in [9.17, 15) is 21.9 Å². The van der Waals surface area contributed by atoms with Gasteiger partial charge in [-0.2, -0.15) is 8.42 Å². The van der Waals surface area contributed by atoms with Crippen LogP contribution >= 0.6 is 0 Å². The topological polar surface area (TPSA) is 156 Å². The van der Waals surface area contributed by atoms with Crippen molar-refractivity contribution in [1.82, 2.24) is 5.32 Å². The molecule has 1 rings (SSSR count). The van der Waals surface area contributed by atoms with Crippen molar-refractivity contribution in [3.05, 3.63) is 23.8 Å². The first-order valence-electron chi connectivity index (χ1n) is 5.86. The Morgan fingerprint density at radius 1 is 1.32 bits per heavy atom. The largest absolute Gasteiger partial charge is 0.496 e. The number of benzene rings is 1. The number of hydrogen-bond donors (Lipinski definition) is 4. The van der Waals surface area contributed by atoms with Crippen LogP contribution in [0.4, 0.5) is 0 Å². The second-order valence-corrected chi connectivity index (χ2v) is 7.28. The van der Waals surface area contributed by atoms with Crippen molar-refractivity contribution in [2.75, 3.05) is 27.0 Å². The maximum absolute atomic E-state index is 11.2. The highest BCUT2D eigenvalue weighted by atomic mass is 32.2. The van der Waals surface area contributed by atoms with E-state index in [2.05, 4.69) is 5.32 Å². The van der Waals surface area contributed by atoms with Crippen molar-refractivity contribution in [3.63, 3.8) is 0 Å². The van der Waals surface area contributed by atoms with Crippen LogP contribution in [0.5, 0.6) is 5.75 Å². The van der Waals surface area contributed by atoms with Gasteiger partial charge in [-0.3, -0.25) is 4.55 Å². The highest BCUT2D eigenvalue weighted by Crippen LogP contribution is 2.27. The number of methoxy groups -OCH3 is 1. The SMILES string of the molecule is CNCC(O)c1cc(S(N)(=O)=O)ccc1OC.CS(=O)(=O)O. The minimum Gasteiger partial charge on any atom is -0.496 e. The molecule has 0 aromatic heterocycles. The highest BCUT2D eigenvalue weighted by Gasteiger charge is 2.17. The van der Waals surface area contributed by atoms with Gasteiger partial charge in [-0.15, -0.1) is 0 Å². The molecule has 0 radical (unpaired) electrons. The van der Waals surface area contributed by atoms with Gasteiger partial charge in [0.25, 0.3) is 10.1 Å². The van der Waals surface area contributed by atoms with E-state index >= 15 is 0 Å². The molecule has 0 saturated carbocycles. The molecule has 0 spiro atoms. The Hall–Kier alpha value is -1.24. The van der Waals surface area contributed by atoms with E-state index in [4.69, 9.17) is 14.4 Å². The number of likely N-dealkylation sites (N-methyl/N-ethyl adjacent to an activating group) is 1. The van der Waals surface area contributed by atoms with Gasteiger partial charge in [0.2, 0.25) is 10.0 Å². The molecule has 0 bridgehead atoms. The number of ether oxygens (including phenoxy) is 1. The van der Waals surface area contributed by atoms with Crippen LogP contribution in [0.1, 0.15) is 11.7 Å². The molecule has 0 aliphatic heterocycles. The van der Waals surface area contributed by atoms with E-state index in [0.717, 1.165) is 0 Å². The smallest absolute Gasteiger partial charge is 0.261 e. The van der Waals surface area contributed by atoms with Crippen molar-refractivity contribution < 1.29 is 31.2 Å². The van der Waals surface area contributed by atoms with Crippen LogP contribution in [-0.2, 0) is 20.1 Å². The summed E-state index contributed by atoms with van der Waals surface area (Å²) in [4.78, 5) is -0.0524. The lowest BCUT2D eigenvalue weighted by atomic mass is 10.1. The highest BCUT2D eigenvalue weighted by molar-refractivity contribution is 7.89. The van der Waals surface area contributed by atoms with Crippen LogP contribution in [0.25, 0.3) is 0 Å². The molecule has 1 atom stereocenters. The Labute approximate surface area is 129 Å². The molecule has 0 aliphatic carbocycles. The molecule has 5 N–H and O–H groups in total. The average Bonchev–Trinajstić information content (AvgIpc) is 2.35. The molecule has 22 heavy (non-hydrogen) atoms. The van der Waals surface area contributed by atoms with Gasteiger partial charge < -0.3 is 15.2 Å². The van der Waals surface area contributed by atoms with Gasteiger partial charge in [-0.1, -0.05) is 0 Å². The van der Waals surface area contributed by atoms with Gasteiger partial charge in [-0.25, -0.2) is 13.6 Å². The Balaban J connectivity index is 0.000000763. The fraction of sp³-hybridized carbons (Fsp3) is 0.455. The summed E-state index contributed by atoms with van der Waals surface area (Å²) >= 11 is 0. The average molecular weight is 356 g/mol. The van der Waals surface area contributed by atoms with Crippen LogP contribution < -0.4 is 15.2 Å². The number of sulfonamides is 1. The van der Waals surface area contributed by atoms with E-state index < -0.39 is 26.2 Å². The van der Waals surface area contributed by atoms with Crippen molar-refractivity contribution in [1.29, 1.82) is 0 Å². The predicted octanol–water partition coefficient (Wildman–Crippen LogP) is -0.901. The Kier molecular flexibility index (Phi) is 7.93. The van der Waals surface area contributed by atoms with Gasteiger partial charge in [-0.05, 0) is 25.2 Å². The second kappa shape index (κ2) is 8.41. The van der Waals surface area contributed by atoms with Crippen LogP contribution in [0, 0.1) is 0 Å². The Bertz CT molecular complexity index is 678. The molecule has 0 aliphatic rings. The molecule has 1 unspecified atom stereocenters. The van der Waals surface area contributed by atoms with E-state index in [1.807, 2.05) is 0 Å². The summed E-state index contributed by atoms with van der Waals surface area (Å²) in [5.41, 5.74) is 0.383. The number of rotatable bonds is 5. The van der Waals surface area contributed by atoms with Crippen LogP contribution in [0.3, 0.4) is 0 Å². The summed E-state index contributed by atoms with van der Waals surface area (Å²) in [5, 5.41) is 17.7. The van der Waals surface area contributed by atoms with Crippen LogP contribution in [0.2, 0.25) is 0 Å². The lowest BCUT2D eigenvalue weighted by Gasteiger charge is -2.15. The zero-order chi connectivity index (χ0) is 17.6. The first-order valence-corrected chi connectivity index (χ1v) is 9.25. The molecule has 0 heterocycles. The number of hydrogen-bond acceptors (Lipinski definition) is 7. The van der Waals surface area contributed by atoms with Gasteiger partial charge in [0.1, 0.15) is 5.75 Å². The normalized spacial score (nSPS) is 13.0. The van der Waals surface area contributed by atoms with E-state index in [1.54, 1.807) is 7.05 Å². The summed E-state index contributed by atoms with van der Waals surface area (Å²) in [6.45, 7) is 0.282. The quantitative estimate of drug-likeness (QED) is 0.494. The molecule has 1 aromatic carbocycles. The van der Waals surface area contributed by atoms with Crippen molar-refractivity contribution >= 4 is 20.1 Å². The first-order chi connectivity index (χ1) is 9.90. The minimum absolute atomic E-state index is 0.0524. The molecule has 11 heteroatoms. The summed E-state index contributed by atoms with van der Waals surface area (Å²) in [5.74, 6) is 0.417. The Morgan fingerprint density at radius 2 is 1.82 bits per heavy atom. The first kappa shape index (κ1) is 20.8. The molecular formula is C11H20N2O7S2. The summed E-state index contributed by atoms with van der Waals surface area (Å²) in [6, 6.07) is 4.12. The zero-order valence-corrected chi connectivity index (χ0v) is 14.0. The third-order valence-electron chi connectivity index (χ3n) is 2.29. The minimum atomic E-state index is -3.79. The van der Waals surface area contributed by atoms with E-state index in [0.29, 0.717) is 17.6 Å². The maximum Gasteiger partial charge on any atom is 0.261 e. The lowest BCUT2D eigenvalue weighted by Crippen LogP contribution is -2.18. The van der Waals surface area contributed by atoms with E-state index in [1.165, 1.54) is 25.3 Å². The summed E-state index contributed by atoms with van der Waals surface area (Å²) < 4.78 is 53.3. The number of aliphatic hydroxyl groups excluding tert-OH is 1. The summed E-state index contributed by atoms with van der Waals surface area (Å²) in [6.07, 6.45) is -0.149. The van der Waals surface area contributed by atoms with Gasteiger partial charge in [0.05, 0.1) is 24.4 Å². The van der Waals surface area contributed by atoms with Crippen LogP contribution in [0.15, 0.2) is 23.1 Å². The maximum atomic E-state index is 11.2. The standard InChI is InChI=1S/C10H16N2O4S.CH4O3S/c1-12-6-9(13)8-5-7(17(11,14)15)3-4-10(8)16-2;1-5(2,3)4/h3-5,9,12-13H,6H2,1-2H3,(H2,11,14,15);1H3,(H,2,3,4). The molecule has 9 nitrogen and oxygen atoms in total. The third kappa shape index (κ3) is 8.26. The van der Waals surface area contributed by atoms with Gasteiger partial charge in [0.15, 0.2) is 0 Å². The number of primary sulfonamides is 1. The van der Waals surface area contributed by atoms with Gasteiger partial charge >= 0.3 is 0 Å². The number of nitrogens with one attached hydrogen (secondary N) is 1. The van der Waals surface area contributed by atoms with E-state index in [-0.39, 0.29) is 11.4 Å². The number of aliphatic hydroxyl groups is 1. The third-order valence-corrected chi connectivity index (χ3v) is 3.20. The second-order valence-electron chi connectivity index (χ2n) is 4.26. The molecule has 0 saturated heterocycles. The van der Waals surface area contributed by atoms with Crippen molar-refractivity contribution in [3.8, 4) is 5.75 Å². The van der Waals surface area contributed by atoms with Crippen LogP contribution in [-0.4, -0.2) is 53.5 Å². The number of nitrogens with two attached hydrogens (primary N) is 1. The summed E-state index contributed by atoms with van der Waals surface area (Å²) in [7, 11) is -4.33. The van der Waals surface area contributed by atoms with Crippen molar-refractivity contribution in [2.24, 2.45) is 5.14 Å². The molecule has 1 aromatic rings. The monoisotopic (exact) mass is 356 g/mol. The van der Waals surface area contributed by atoms with Crippen molar-refractivity contribution in [2.45, 2.75) is 11.0 Å². The molecule has 128 valence electrons. The fourth-order valence-electron chi connectivity index (χ4n) is 1.45. The molecular weight excluding hydrogens is 336 g/mol. The fourth-order valence-corrected chi connectivity index (χ4v) is 2.00. The molecule has 0 fully saturated rings. The molecule has 0 amide bonds. The predicted molar refractivity (Wildman–Crippen MR) is 80.7 cm³/mol. The Morgan fingerprint density at radius 3 is 2.18 bits per heavy atom. The lowest BCUT2D eigenvalue weighted by molar-refractivity contribution is 0.173.